The number of aromatic hydroxyl groups is 1. The van der Waals surface area contributed by atoms with Gasteiger partial charge in [-0.05, 0) is 55.9 Å². The van der Waals surface area contributed by atoms with Crippen LogP contribution < -0.4 is 5.43 Å². The van der Waals surface area contributed by atoms with Crippen LogP contribution in [0.3, 0.4) is 0 Å². The molecule has 3 fully saturated rings. The number of phenolic OH excluding ortho intramolecular Hbond substituents is 1. The number of hydrogen-bond acceptors (Lipinski definition) is 6. The van der Waals surface area contributed by atoms with Crippen LogP contribution >= 0.6 is 0 Å². The zero-order chi connectivity index (χ0) is 31.6. The maximum absolute atomic E-state index is 15.1. The predicted molar refractivity (Wildman–Crippen MR) is 164 cm³/mol. The van der Waals surface area contributed by atoms with E-state index < -0.39 is 58.4 Å². The number of anilines is 1. The van der Waals surface area contributed by atoms with Crippen molar-refractivity contribution >= 4 is 29.3 Å². The number of allylic oxidation sites excluding steroid dienone is 2. The lowest BCUT2D eigenvalue weighted by Crippen LogP contribution is -2.53. The highest BCUT2D eigenvalue weighted by Gasteiger charge is 2.70. The van der Waals surface area contributed by atoms with Crippen molar-refractivity contribution in [3.8, 4) is 5.75 Å². The van der Waals surface area contributed by atoms with Gasteiger partial charge in [-0.15, -0.1) is 0 Å². The lowest BCUT2D eigenvalue weighted by molar-refractivity contribution is -0.141. The lowest BCUT2D eigenvalue weighted by atomic mass is 9.49. The first kappa shape index (κ1) is 29.0. The minimum Gasteiger partial charge on any atom is -0.505 e. The summed E-state index contributed by atoms with van der Waals surface area (Å²) in [7, 11) is 0. The van der Waals surface area contributed by atoms with Gasteiger partial charge in [-0.25, -0.2) is 4.39 Å². The number of para-hydroxylation sites is 1. The summed E-state index contributed by atoms with van der Waals surface area (Å²) < 4.78 is 15.1. The topological polar surface area (TPSA) is 107 Å². The largest absolute Gasteiger partial charge is 0.505 e. The molecule has 0 spiro atoms. The molecule has 7 rings (SSSR count). The number of halogens is 1. The van der Waals surface area contributed by atoms with Crippen LogP contribution in [0.15, 0.2) is 84.4 Å². The average Bonchev–Trinajstić information content (AvgIpc) is 3.41. The highest BCUT2D eigenvalue weighted by molar-refractivity contribution is 6.13. The molecule has 230 valence electrons. The summed E-state index contributed by atoms with van der Waals surface area (Å²) in [5.74, 6) is -6.75. The summed E-state index contributed by atoms with van der Waals surface area (Å²) in [6.45, 7) is 4.15. The second kappa shape index (κ2) is 10.7. The summed E-state index contributed by atoms with van der Waals surface area (Å²) in [4.78, 5) is 58.1. The minimum absolute atomic E-state index is 0.143. The van der Waals surface area contributed by atoms with E-state index in [1.807, 2.05) is 38.1 Å². The van der Waals surface area contributed by atoms with Gasteiger partial charge in [0.15, 0.2) is 11.6 Å². The Labute approximate surface area is 260 Å². The average molecular weight is 608 g/mol. The number of nitrogens with one attached hydrogen (secondary N) is 1. The molecule has 3 aromatic carbocycles. The van der Waals surface area contributed by atoms with E-state index in [2.05, 4.69) is 5.43 Å². The Kier molecular flexibility index (Phi) is 6.87. The Morgan fingerprint density at radius 1 is 0.911 bits per heavy atom. The molecular weight excluding hydrogens is 573 g/mol. The molecule has 2 aliphatic carbocycles. The van der Waals surface area contributed by atoms with Gasteiger partial charge in [0.2, 0.25) is 11.8 Å². The van der Waals surface area contributed by atoms with E-state index in [1.54, 1.807) is 42.5 Å². The SMILES string of the molecule is CCCN1C(=O)C2CC=C3C(CC4C(=O)N(Nc5ccc(C)cc5)C(=O)C4(c4ccccc4)C3c3cccc(F)c3O)C2C1=O. The van der Waals surface area contributed by atoms with Crippen LogP contribution in [-0.2, 0) is 24.6 Å². The molecule has 1 saturated carbocycles. The van der Waals surface area contributed by atoms with Gasteiger partial charge in [0.25, 0.3) is 11.8 Å². The van der Waals surface area contributed by atoms with Gasteiger partial charge in [-0.3, -0.25) is 29.5 Å². The molecule has 2 N–H and O–H groups in total. The molecule has 6 unspecified atom stereocenters. The fourth-order valence-electron chi connectivity index (χ4n) is 8.37. The Bertz CT molecular complexity index is 1760. The van der Waals surface area contributed by atoms with Crippen LogP contribution in [0.5, 0.6) is 5.75 Å². The van der Waals surface area contributed by atoms with E-state index in [-0.39, 0.29) is 30.2 Å². The van der Waals surface area contributed by atoms with Crippen molar-refractivity contribution in [1.29, 1.82) is 0 Å². The molecule has 6 atom stereocenters. The fourth-order valence-corrected chi connectivity index (χ4v) is 8.37. The smallest absolute Gasteiger partial charge is 0.260 e. The number of imide groups is 2. The normalized spacial score (nSPS) is 29.0. The van der Waals surface area contributed by atoms with Crippen molar-refractivity contribution in [2.75, 3.05) is 12.0 Å². The summed E-state index contributed by atoms with van der Waals surface area (Å²) in [6, 6.07) is 20.5. The Morgan fingerprint density at radius 3 is 2.36 bits per heavy atom. The van der Waals surface area contributed by atoms with Gasteiger partial charge in [0.05, 0.1) is 28.9 Å². The molecule has 0 aromatic heterocycles. The summed E-state index contributed by atoms with van der Waals surface area (Å²) >= 11 is 0. The molecule has 2 heterocycles. The highest BCUT2D eigenvalue weighted by Crippen LogP contribution is 2.64. The standard InChI is InChI=1S/C36H34FN3O5/c1-3-18-39-32(42)24-17-16-23-26(29(24)34(39)44)19-27-33(43)40(38-22-14-12-20(2)13-15-22)35(45)36(27,21-8-5-4-6-9-21)30(23)25-10-7-11-28(37)31(25)41/h4-16,24,26-27,29-30,38,41H,3,17-19H2,1-2H3. The molecule has 3 aromatic rings. The summed E-state index contributed by atoms with van der Waals surface area (Å²) in [5, 5.41) is 12.3. The first-order chi connectivity index (χ1) is 21.7. The number of hydrazine groups is 1. The van der Waals surface area contributed by atoms with Gasteiger partial charge < -0.3 is 5.11 Å². The number of phenols is 1. The molecule has 4 amide bonds. The number of nitrogens with zero attached hydrogens (tertiary/aromatic N) is 2. The third-order valence-electron chi connectivity index (χ3n) is 10.3. The summed E-state index contributed by atoms with van der Waals surface area (Å²) in [6.07, 6.45) is 2.94. The van der Waals surface area contributed by atoms with Crippen LogP contribution in [-0.4, -0.2) is 45.2 Å². The predicted octanol–water partition coefficient (Wildman–Crippen LogP) is 5.23. The quantitative estimate of drug-likeness (QED) is 0.294. The van der Waals surface area contributed by atoms with Gasteiger partial charge in [0.1, 0.15) is 0 Å². The van der Waals surface area contributed by atoms with Crippen molar-refractivity contribution < 1.29 is 28.7 Å². The monoisotopic (exact) mass is 607 g/mol. The second-order valence-corrected chi connectivity index (χ2v) is 12.6. The van der Waals surface area contributed by atoms with E-state index in [0.717, 1.165) is 16.6 Å². The number of aryl methyl sites for hydroxylation is 1. The third kappa shape index (κ3) is 4.09. The number of rotatable bonds is 6. The molecule has 2 saturated heterocycles. The molecule has 2 aliphatic heterocycles. The molecular formula is C36H34FN3O5. The number of hydrogen-bond donors (Lipinski definition) is 2. The van der Waals surface area contributed by atoms with E-state index in [9.17, 15) is 24.3 Å². The van der Waals surface area contributed by atoms with Gasteiger partial charge in [-0.2, -0.15) is 5.01 Å². The first-order valence-electron chi connectivity index (χ1n) is 15.5. The first-order valence-corrected chi connectivity index (χ1v) is 15.5. The number of amides is 4. The van der Waals surface area contributed by atoms with Crippen LogP contribution in [0.2, 0.25) is 0 Å². The Balaban J connectivity index is 1.46. The number of fused-ring (bicyclic) bond motifs is 4. The number of carbonyl (C=O) groups is 4. The molecule has 45 heavy (non-hydrogen) atoms. The van der Waals surface area contributed by atoms with Crippen LogP contribution in [0.4, 0.5) is 10.1 Å². The molecule has 9 heteroatoms. The Hall–Kier alpha value is -4.79. The highest BCUT2D eigenvalue weighted by atomic mass is 19.1. The molecule has 0 bridgehead atoms. The minimum atomic E-state index is -1.56. The van der Waals surface area contributed by atoms with Crippen molar-refractivity contribution in [2.45, 2.75) is 44.4 Å². The molecule has 4 aliphatic rings. The maximum atomic E-state index is 15.1. The zero-order valence-electron chi connectivity index (χ0n) is 25.1. The third-order valence-corrected chi connectivity index (χ3v) is 10.3. The van der Waals surface area contributed by atoms with Crippen molar-refractivity contribution in [3.63, 3.8) is 0 Å². The zero-order valence-corrected chi connectivity index (χ0v) is 25.1. The van der Waals surface area contributed by atoms with Crippen molar-refractivity contribution in [2.24, 2.45) is 23.7 Å². The van der Waals surface area contributed by atoms with Crippen molar-refractivity contribution in [3.05, 3.63) is 107 Å². The molecule has 8 nitrogen and oxygen atoms in total. The van der Waals surface area contributed by atoms with Gasteiger partial charge >= 0.3 is 0 Å². The van der Waals surface area contributed by atoms with E-state index >= 15 is 4.39 Å². The van der Waals surface area contributed by atoms with Crippen LogP contribution in [0.25, 0.3) is 0 Å². The number of benzene rings is 3. The fraction of sp³-hybridized carbons (Fsp3) is 0.333. The van der Waals surface area contributed by atoms with E-state index in [1.165, 1.54) is 11.0 Å². The van der Waals surface area contributed by atoms with E-state index in [0.29, 0.717) is 29.8 Å². The number of likely N-dealkylation sites (tertiary alicyclic amines) is 1. The van der Waals surface area contributed by atoms with Crippen molar-refractivity contribution in [1.82, 2.24) is 9.91 Å². The van der Waals surface area contributed by atoms with E-state index in [4.69, 9.17) is 0 Å². The second-order valence-electron chi connectivity index (χ2n) is 12.6. The van der Waals surface area contributed by atoms with Gasteiger partial charge in [-0.1, -0.05) is 78.7 Å². The lowest BCUT2D eigenvalue weighted by Gasteiger charge is -2.50. The van der Waals surface area contributed by atoms with Gasteiger partial charge in [0, 0.05) is 18.0 Å². The molecule has 0 radical (unpaired) electrons. The van der Waals surface area contributed by atoms with Crippen LogP contribution in [0.1, 0.15) is 48.8 Å². The Morgan fingerprint density at radius 2 is 1.64 bits per heavy atom. The summed E-state index contributed by atoms with van der Waals surface area (Å²) in [5.41, 5.74) is 4.41. The number of carbonyl (C=O) groups excluding carboxylic acids is 4. The maximum Gasteiger partial charge on any atom is 0.260 e. The van der Waals surface area contributed by atoms with Crippen LogP contribution in [0, 0.1) is 36.4 Å².